The van der Waals surface area contributed by atoms with E-state index in [1.165, 1.54) is 0 Å². The summed E-state index contributed by atoms with van der Waals surface area (Å²) in [6.07, 6.45) is 0. The number of halogens is 3. The smallest absolute Gasteiger partial charge is 0.125 e. The molecular weight excluding hydrogens is 220 g/mol. The van der Waals surface area contributed by atoms with Gasteiger partial charge in [0, 0.05) is 0 Å². The van der Waals surface area contributed by atoms with E-state index in [2.05, 4.69) is 0 Å². The maximum Gasteiger partial charge on any atom is 0.125 e. The van der Waals surface area contributed by atoms with Crippen molar-refractivity contribution in [3.8, 4) is 0 Å². The van der Waals surface area contributed by atoms with Gasteiger partial charge in [-0.15, -0.1) is 23.2 Å². The molecule has 0 spiro atoms. The van der Waals surface area contributed by atoms with Crippen LogP contribution in [0.25, 0.3) is 0 Å². The van der Waals surface area contributed by atoms with Crippen LogP contribution in [0, 0.1) is 0 Å². The van der Waals surface area contributed by atoms with E-state index in [4.69, 9.17) is 23.2 Å². The van der Waals surface area contributed by atoms with Crippen LogP contribution in [0.5, 0.6) is 0 Å². The average molecular weight is 237 g/mol. The minimum Gasteiger partial charge on any atom is -1.00 e. The first kappa shape index (κ1) is 15.3. The Morgan fingerprint density at radius 3 is 1.58 bits per heavy atom. The van der Waals surface area contributed by atoms with Crippen molar-refractivity contribution in [2.45, 2.75) is 24.6 Å². The molecule has 0 aromatic heterocycles. The number of alkyl halides is 2. The van der Waals surface area contributed by atoms with E-state index in [9.17, 15) is 5.21 Å². The molecule has 0 radical (unpaired) electrons. The van der Waals surface area contributed by atoms with Gasteiger partial charge in [0.05, 0.1) is 17.8 Å². The molecule has 2 unspecified atom stereocenters. The van der Waals surface area contributed by atoms with Crippen LogP contribution in [0.4, 0.5) is 0 Å². The molecule has 2 nitrogen and oxygen atoms in total. The molecule has 0 aromatic rings. The maximum absolute atomic E-state index is 9.62. The van der Waals surface area contributed by atoms with E-state index >= 15 is 0 Å². The number of quaternary nitrogens is 1. The summed E-state index contributed by atoms with van der Waals surface area (Å²) in [5, 5.41) is 9.57. The van der Waals surface area contributed by atoms with E-state index in [1.807, 2.05) is 13.8 Å². The first-order chi connectivity index (χ1) is 4.83. The predicted octanol–water partition coefficient (Wildman–Crippen LogP) is -0.919. The van der Waals surface area contributed by atoms with E-state index in [0.29, 0.717) is 13.1 Å². The van der Waals surface area contributed by atoms with Crippen molar-refractivity contribution in [2.24, 2.45) is 0 Å². The zero-order valence-corrected chi connectivity index (χ0v) is 9.87. The fourth-order valence-electron chi connectivity index (χ4n) is 1.16. The maximum atomic E-state index is 9.62. The Balaban J connectivity index is 0. The molecule has 76 valence electrons. The number of hydrogen-bond acceptors (Lipinski definition) is 1. The van der Waals surface area contributed by atoms with Gasteiger partial charge < -0.3 is 12.4 Å². The van der Waals surface area contributed by atoms with Crippen molar-refractivity contribution in [3.63, 3.8) is 0 Å². The standard InChI is InChI=1S/C7H16Cl2NO.ClH/c1-6(8)4-10(3,11)5-7(2)9;/h6-7,11H,4-5H2,1-3H3;1H/q+1;/p-1. The summed E-state index contributed by atoms with van der Waals surface area (Å²) in [4.78, 5) is 0. The molecule has 0 aliphatic carbocycles. The fraction of sp³-hybridized carbons (Fsp3) is 1.00. The molecule has 12 heavy (non-hydrogen) atoms. The van der Waals surface area contributed by atoms with Crippen LogP contribution < -0.4 is 12.4 Å². The van der Waals surface area contributed by atoms with E-state index in [1.54, 1.807) is 7.05 Å². The van der Waals surface area contributed by atoms with Gasteiger partial charge in [-0.05, 0) is 13.8 Å². The average Bonchev–Trinajstić information content (AvgIpc) is 1.53. The molecule has 5 heteroatoms. The summed E-state index contributed by atoms with van der Waals surface area (Å²) in [5.74, 6) is 0. The molecule has 0 saturated heterocycles. The number of hydroxylamine groups is 3. The van der Waals surface area contributed by atoms with Crippen LogP contribution in [0.1, 0.15) is 13.8 Å². The lowest BCUT2D eigenvalue weighted by molar-refractivity contribution is -1.09. The van der Waals surface area contributed by atoms with Gasteiger partial charge in [-0.25, -0.2) is 5.21 Å². The van der Waals surface area contributed by atoms with Gasteiger partial charge in [-0.3, -0.25) is 0 Å². The quantitative estimate of drug-likeness (QED) is 0.380. The van der Waals surface area contributed by atoms with Gasteiger partial charge in [-0.1, -0.05) is 0 Å². The lowest BCUT2D eigenvalue weighted by atomic mass is 10.3. The monoisotopic (exact) mass is 235 g/mol. The molecule has 0 saturated carbocycles. The Kier molecular flexibility index (Phi) is 7.99. The van der Waals surface area contributed by atoms with Gasteiger partial charge in [0.1, 0.15) is 13.1 Å². The second-order valence-corrected chi connectivity index (χ2v) is 4.76. The summed E-state index contributed by atoms with van der Waals surface area (Å²) >= 11 is 11.5. The Hall–Kier alpha value is 0.790. The lowest BCUT2D eigenvalue weighted by Crippen LogP contribution is -3.00. The summed E-state index contributed by atoms with van der Waals surface area (Å²) in [6, 6.07) is 0. The SMILES string of the molecule is CC(Cl)C[N+](C)(O)CC(C)Cl.[Cl-]. The Morgan fingerprint density at radius 1 is 1.17 bits per heavy atom. The van der Waals surface area contributed by atoms with Crippen molar-refractivity contribution in [2.75, 3.05) is 20.1 Å². The van der Waals surface area contributed by atoms with Gasteiger partial charge in [0.2, 0.25) is 0 Å². The van der Waals surface area contributed by atoms with Crippen molar-refractivity contribution in [1.29, 1.82) is 0 Å². The van der Waals surface area contributed by atoms with Crippen LogP contribution in [-0.4, -0.2) is 40.7 Å². The molecule has 0 heterocycles. The molecule has 0 aromatic carbocycles. The summed E-state index contributed by atoms with van der Waals surface area (Å²) in [5.41, 5.74) is 0. The highest BCUT2D eigenvalue weighted by Crippen LogP contribution is 2.07. The highest BCUT2D eigenvalue weighted by molar-refractivity contribution is 6.20. The van der Waals surface area contributed by atoms with E-state index in [0.717, 1.165) is 0 Å². The highest BCUT2D eigenvalue weighted by Gasteiger charge is 2.23. The van der Waals surface area contributed by atoms with Crippen molar-refractivity contribution < 1.29 is 22.3 Å². The van der Waals surface area contributed by atoms with Crippen LogP contribution in [0.15, 0.2) is 0 Å². The second kappa shape index (κ2) is 6.28. The van der Waals surface area contributed by atoms with Crippen LogP contribution >= 0.6 is 23.2 Å². The third kappa shape index (κ3) is 8.88. The second-order valence-electron chi connectivity index (χ2n) is 3.27. The Morgan fingerprint density at radius 2 is 1.42 bits per heavy atom. The predicted molar refractivity (Wildman–Crippen MR) is 48.3 cm³/mol. The zero-order chi connectivity index (χ0) is 9.07. The lowest BCUT2D eigenvalue weighted by Gasteiger charge is -2.27. The van der Waals surface area contributed by atoms with Crippen LogP contribution in [-0.2, 0) is 0 Å². The third-order valence-electron chi connectivity index (χ3n) is 1.29. The molecular formula is C7H16Cl3NO. The largest absolute Gasteiger partial charge is 1.00 e. The van der Waals surface area contributed by atoms with E-state index < -0.39 is 0 Å². The molecule has 0 amide bonds. The van der Waals surface area contributed by atoms with Crippen molar-refractivity contribution in [1.82, 2.24) is 0 Å². The molecule has 0 aliphatic heterocycles. The highest BCUT2D eigenvalue weighted by atomic mass is 35.5. The van der Waals surface area contributed by atoms with Crippen molar-refractivity contribution in [3.05, 3.63) is 0 Å². The Bertz CT molecular complexity index is 105. The molecule has 0 bridgehead atoms. The number of hydrogen-bond donors (Lipinski definition) is 1. The summed E-state index contributed by atoms with van der Waals surface area (Å²) in [7, 11) is 1.71. The third-order valence-corrected chi connectivity index (χ3v) is 1.57. The number of nitrogens with zero attached hydrogens (tertiary/aromatic N) is 1. The van der Waals surface area contributed by atoms with Crippen molar-refractivity contribution >= 4 is 23.2 Å². The van der Waals surface area contributed by atoms with Crippen LogP contribution in [0.3, 0.4) is 0 Å². The molecule has 1 N–H and O–H groups in total. The minimum absolute atomic E-state index is 0. The normalized spacial score (nSPS) is 20.5. The fourth-order valence-corrected chi connectivity index (χ4v) is 1.75. The Labute approximate surface area is 90.4 Å². The summed E-state index contributed by atoms with van der Waals surface area (Å²) < 4.78 is -0.102. The van der Waals surface area contributed by atoms with E-state index in [-0.39, 0.29) is 27.8 Å². The molecule has 2 atom stereocenters. The summed E-state index contributed by atoms with van der Waals surface area (Å²) in [6.45, 7) is 4.76. The molecule has 0 aliphatic rings. The zero-order valence-electron chi connectivity index (χ0n) is 7.60. The van der Waals surface area contributed by atoms with Gasteiger partial charge in [-0.2, -0.15) is 4.65 Å². The van der Waals surface area contributed by atoms with Gasteiger partial charge >= 0.3 is 0 Å². The van der Waals surface area contributed by atoms with Gasteiger partial charge in [0.25, 0.3) is 0 Å². The molecule has 0 rings (SSSR count). The molecule has 0 fully saturated rings. The first-order valence-corrected chi connectivity index (χ1v) is 4.56. The number of rotatable bonds is 4. The minimum atomic E-state index is -0.102. The first-order valence-electron chi connectivity index (χ1n) is 3.69. The topological polar surface area (TPSA) is 20.2 Å². The van der Waals surface area contributed by atoms with Gasteiger partial charge in [0.15, 0.2) is 0 Å². The van der Waals surface area contributed by atoms with Crippen LogP contribution in [0.2, 0.25) is 0 Å².